The average molecular weight is 548 g/mol. The van der Waals surface area contributed by atoms with Crippen molar-refractivity contribution in [3.05, 3.63) is 59.4 Å². The van der Waals surface area contributed by atoms with E-state index in [1.807, 2.05) is 35.8 Å². The van der Waals surface area contributed by atoms with Gasteiger partial charge in [-0.2, -0.15) is 5.10 Å². The van der Waals surface area contributed by atoms with Gasteiger partial charge in [-0.25, -0.2) is 9.31 Å². The third-order valence-corrected chi connectivity index (χ3v) is 8.33. The van der Waals surface area contributed by atoms with Crippen molar-refractivity contribution in [1.29, 1.82) is 0 Å². The molecule has 0 spiro atoms. The third-order valence-electron chi connectivity index (χ3n) is 8.33. The van der Waals surface area contributed by atoms with Crippen molar-refractivity contribution >= 4 is 23.1 Å². The number of urea groups is 1. The number of pyridine rings is 1. The van der Waals surface area contributed by atoms with Crippen LogP contribution in [0.5, 0.6) is 5.75 Å². The summed E-state index contributed by atoms with van der Waals surface area (Å²) in [6.07, 6.45) is 7.26. The number of fused-ring (bicyclic) bond motifs is 1. The van der Waals surface area contributed by atoms with E-state index >= 15 is 0 Å². The highest BCUT2D eigenvalue weighted by Gasteiger charge is 2.35. The van der Waals surface area contributed by atoms with Crippen LogP contribution in [-0.4, -0.2) is 77.4 Å². The van der Waals surface area contributed by atoms with Crippen LogP contribution in [0.2, 0.25) is 0 Å². The monoisotopic (exact) mass is 547 g/mol. The van der Waals surface area contributed by atoms with E-state index in [1.54, 1.807) is 25.3 Å². The van der Waals surface area contributed by atoms with Crippen molar-refractivity contribution in [2.45, 2.75) is 58.6 Å². The molecule has 2 saturated heterocycles. The zero-order chi connectivity index (χ0) is 28.4. The van der Waals surface area contributed by atoms with Crippen LogP contribution < -0.4 is 9.64 Å². The summed E-state index contributed by atoms with van der Waals surface area (Å²) < 4.78 is 12.9. The quantitative estimate of drug-likeness (QED) is 0.387. The Hall–Kier alpha value is -3.43. The fourth-order valence-electron chi connectivity index (χ4n) is 5.85. The molecule has 9 heteroatoms. The molecule has 4 heterocycles. The summed E-state index contributed by atoms with van der Waals surface area (Å²) in [5, 5.41) is 4.51. The van der Waals surface area contributed by atoms with Crippen molar-refractivity contribution in [3.63, 3.8) is 0 Å². The Morgan fingerprint density at radius 1 is 1.05 bits per heavy atom. The number of likely N-dealkylation sites (tertiary alicyclic amines) is 1. The van der Waals surface area contributed by atoms with Crippen LogP contribution in [0.1, 0.15) is 49.8 Å². The molecule has 0 bridgehead atoms. The number of piperidine rings is 1. The molecule has 214 valence electrons. The number of carbonyl (C=O) groups excluding carboxylic acids is 2. The number of hydrogen-bond donors (Lipinski definition) is 0. The standard InChI is InChI=1S/C31H41N5O4/c1-22-6-7-25(28(16-22)39-4)20-35-29(37)11-14-34(30(35)38)27-19-32-36-15-10-24(18-26(27)36)17-23-8-12-33(13-9-23)21-31(2,3)40-5/h6-7,10,15-16,18-19,23H,8-9,11-14,17,20-21H2,1-5H3. The predicted molar refractivity (Wildman–Crippen MR) is 155 cm³/mol. The second-order valence-electron chi connectivity index (χ2n) is 11.8. The van der Waals surface area contributed by atoms with Gasteiger partial charge in [0.05, 0.1) is 36.7 Å². The van der Waals surface area contributed by atoms with Crippen molar-refractivity contribution in [2.75, 3.05) is 45.3 Å². The Bertz CT molecular complexity index is 1380. The molecular formula is C31H41N5O4. The maximum atomic E-state index is 13.6. The smallest absolute Gasteiger partial charge is 0.331 e. The van der Waals surface area contributed by atoms with Crippen LogP contribution in [0.25, 0.3) is 5.52 Å². The lowest BCUT2D eigenvalue weighted by molar-refractivity contribution is -0.129. The normalized spacial score (nSPS) is 17.7. The number of anilines is 1. The number of aromatic nitrogens is 2. The Kier molecular flexibility index (Phi) is 8.14. The second-order valence-corrected chi connectivity index (χ2v) is 11.8. The molecule has 40 heavy (non-hydrogen) atoms. The van der Waals surface area contributed by atoms with Gasteiger partial charge in [-0.05, 0) is 88.4 Å². The summed E-state index contributed by atoms with van der Waals surface area (Å²) in [4.78, 5) is 32.0. The number of aryl methyl sites for hydroxylation is 1. The van der Waals surface area contributed by atoms with E-state index in [2.05, 4.69) is 36.0 Å². The first-order valence-electron chi connectivity index (χ1n) is 14.2. The summed E-state index contributed by atoms with van der Waals surface area (Å²) in [6, 6.07) is 9.75. The fourth-order valence-corrected chi connectivity index (χ4v) is 5.85. The number of benzene rings is 1. The van der Waals surface area contributed by atoms with Gasteiger partial charge in [-0.15, -0.1) is 0 Å². The van der Waals surface area contributed by atoms with E-state index in [0.717, 1.165) is 61.2 Å². The van der Waals surface area contributed by atoms with Gasteiger partial charge in [0.15, 0.2) is 0 Å². The average Bonchev–Trinajstić information content (AvgIpc) is 3.35. The minimum atomic E-state index is -0.328. The molecule has 2 aliphatic heterocycles. The van der Waals surface area contributed by atoms with Gasteiger partial charge in [0.1, 0.15) is 5.75 Å². The molecule has 0 N–H and O–H groups in total. The van der Waals surface area contributed by atoms with Crippen LogP contribution in [0.3, 0.4) is 0 Å². The van der Waals surface area contributed by atoms with Crippen LogP contribution in [0, 0.1) is 12.8 Å². The zero-order valence-electron chi connectivity index (χ0n) is 24.4. The highest BCUT2D eigenvalue weighted by atomic mass is 16.5. The summed E-state index contributed by atoms with van der Waals surface area (Å²) in [5.41, 5.74) is 4.59. The number of amides is 3. The SMILES string of the molecule is COc1cc(C)ccc1CN1C(=O)CCN(c2cnn3ccc(CC4CCN(CC(C)(C)OC)CC4)cc23)C1=O. The third kappa shape index (κ3) is 6.00. The van der Waals surface area contributed by atoms with Crippen LogP contribution in [0.15, 0.2) is 42.7 Å². The van der Waals surface area contributed by atoms with Crippen molar-refractivity contribution in [2.24, 2.45) is 5.92 Å². The Morgan fingerprint density at radius 2 is 1.82 bits per heavy atom. The first-order valence-corrected chi connectivity index (χ1v) is 14.2. The zero-order valence-corrected chi connectivity index (χ0v) is 24.4. The van der Waals surface area contributed by atoms with Crippen molar-refractivity contribution in [1.82, 2.24) is 19.4 Å². The Labute approximate surface area is 236 Å². The van der Waals surface area contributed by atoms with Crippen LogP contribution in [-0.2, 0) is 22.5 Å². The van der Waals surface area contributed by atoms with Gasteiger partial charge in [-0.3, -0.25) is 14.6 Å². The van der Waals surface area contributed by atoms with Gasteiger partial charge in [0.2, 0.25) is 5.91 Å². The molecule has 2 aromatic heterocycles. The van der Waals surface area contributed by atoms with E-state index in [-0.39, 0.29) is 30.5 Å². The number of imide groups is 1. The van der Waals surface area contributed by atoms with Crippen LogP contribution >= 0.6 is 0 Å². The van der Waals surface area contributed by atoms with E-state index in [9.17, 15) is 9.59 Å². The predicted octanol–water partition coefficient (Wildman–Crippen LogP) is 4.69. The largest absolute Gasteiger partial charge is 0.496 e. The fraction of sp³-hybridized carbons (Fsp3) is 0.516. The molecule has 0 radical (unpaired) electrons. The van der Waals surface area contributed by atoms with Crippen molar-refractivity contribution in [3.8, 4) is 5.75 Å². The number of hydrogen-bond acceptors (Lipinski definition) is 6. The Morgan fingerprint density at radius 3 is 2.55 bits per heavy atom. The molecule has 3 amide bonds. The topological polar surface area (TPSA) is 79.6 Å². The van der Waals surface area contributed by atoms with Gasteiger partial charge >= 0.3 is 6.03 Å². The first-order chi connectivity index (χ1) is 19.2. The highest BCUT2D eigenvalue weighted by Crippen LogP contribution is 2.30. The molecule has 5 rings (SSSR count). The minimum Gasteiger partial charge on any atom is -0.496 e. The van der Waals surface area contributed by atoms with Gasteiger partial charge in [0, 0.05) is 38.4 Å². The van der Waals surface area contributed by atoms with E-state index < -0.39 is 0 Å². The number of rotatable bonds is 9. The minimum absolute atomic E-state index is 0.130. The second kappa shape index (κ2) is 11.6. The van der Waals surface area contributed by atoms with Gasteiger partial charge in [0.25, 0.3) is 0 Å². The van der Waals surface area contributed by atoms with E-state index in [1.165, 1.54) is 10.5 Å². The number of carbonyl (C=O) groups is 2. The van der Waals surface area contributed by atoms with Gasteiger partial charge in [-0.1, -0.05) is 12.1 Å². The number of ether oxygens (including phenoxy) is 2. The first kappa shape index (κ1) is 28.1. The molecule has 1 aromatic carbocycles. The summed E-state index contributed by atoms with van der Waals surface area (Å²) in [5.74, 6) is 1.11. The molecule has 2 aliphatic rings. The van der Waals surface area contributed by atoms with Crippen molar-refractivity contribution < 1.29 is 19.1 Å². The summed E-state index contributed by atoms with van der Waals surface area (Å²) >= 11 is 0. The lowest BCUT2D eigenvalue weighted by Gasteiger charge is -2.36. The molecule has 0 unspecified atom stereocenters. The maximum absolute atomic E-state index is 13.6. The number of nitrogens with zero attached hydrogens (tertiary/aromatic N) is 5. The lowest BCUT2D eigenvalue weighted by Crippen LogP contribution is -2.52. The highest BCUT2D eigenvalue weighted by molar-refractivity contribution is 6.07. The molecule has 0 atom stereocenters. The van der Waals surface area contributed by atoms with Crippen LogP contribution in [0.4, 0.5) is 10.5 Å². The maximum Gasteiger partial charge on any atom is 0.331 e. The van der Waals surface area contributed by atoms with Gasteiger partial charge < -0.3 is 14.4 Å². The summed E-state index contributed by atoms with van der Waals surface area (Å²) in [6.45, 7) is 9.87. The van der Waals surface area contributed by atoms with E-state index in [4.69, 9.17) is 9.47 Å². The number of methoxy groups -OCH3 is 2. The molecule has 9 nitrogen and oxygen atoms in total. The molecule has 2 fully saturated rings. The molecular weight excluding hydrogens is 506 g/mol. The molecule has 0 aliphatic carbocycles. The summed E-state index contributed by atoms with van der Waals surface area (Å²) in [7, 11) is 3.38. The Balaban J connectivity index is 1.30. The molecule has 3 aromatic rings. The van der Waals surface area contributed by atoms with E-state index in [0.29, 0.717) is 18.2 Å². The molecule has 0 saturated carbocycles. The lowest BCUT2D eigenvalue weighted by atomic mass is 9.90.